The molecule has 0 radical (unpaired) electrons. The van der Waals surface area contributed by atoms with Crippen LogP contribution < -0.4 is 5.32 Å². The largest absolute Gasteiger partial charge is 0.346 e. The Bertz CT molecular complexity index is 555. The summed E-state index contributed by atoms with van der Waals surface area (Å²) in [7, 11) is 0. The van der Waals surface area contributed by atoms with E-state index >= 15 is 0 Å². The van der Waals surface area contributed by atoms with Gasteiger partial charge in [0.05, 0.1) is 17.1 Å². The summed E-state index contributed by atoms with van der Waals surface area (Å²) in [6.45, 7) is 6.90. The van der Waals surface area contributed by atoms with Crippen LogP contribution in [0.25, 0.3) is 0 Å². The maximum Gasteiger partial charge on any atom is 0.261 e. The van der Waals surface area contributed by atoms with E-state index in [1.165, 1.54) is 4.88 Å². The molecule has 0 aliphatic carbocycles. The summed E-state index contributed by atoms with van der Waals surface area (Å²) >= 11 is 1.55. The molecule has 0 spiro atoms. The van der Waals surface area contributed by atoms with Gasteiger partial charge in [-0.1, -0.05) is 26.8 Å². The van der Waals surface area contributed by atoms with Gasteiger partial charge in [-0.05, 0) is 29.7 Å². The zero-order valence-corrected chi connectivity index (χ0v) is 12.3. The van der Waals surface area contributed by atoms with Gasteiger partial charge < -0.3 is 5.32 Å². The lowest BCUT2D eigenvalue weighted by Crippen LogP contribution is -2.22. The van der Waals surface area contributed by atoms with Gasteiger partial charge in [-0.25, -0.2) is 0 Å². The maximum atomic E-state index is 12.0. The number of thiophene rings is 1. The predicted molar refractivity (Wildman–Crippen MR) is 78.4 cm³/mol. The maximum absolute atomic E-state index is 12.0. The van der Waals surface area contributed by atoms with E-state index in [1.54, 1.807) is 17.5 Å². The van der Waals surface area contributed by atoms with E-state index in [1.807, 2.05) is 30.3 Å². The third-order valence-electron chi connectivity index (χ3n) is 2.73. The Kier molecular flexibility index (Phi) is 4.00. The first-order chi connectivity index (χ1) is 8.97. The van der Waals surface area contributed by atoms with E-state index in [0.29, 0.717) is 6.54 Å². The van der Waals surface area contributed by atoms with Crippen LogP contribution in [0.1, 0.15) is 41.0 Å². The number of hydrogen-bond donors (Lipinski definition) is 1. The van der Waals surface area contributed by atoms with Crippen LogP contribution in [-0.4, -0.2) is 10.9 Å². The fourth-order valence-corrected chi connectivity index (χ4v) is 2.60. The Balaban J connectivity index is 1.99. The van der Waals surface area contributed by atoms with Crippen molar-refractivity contribution in [3.63, 3.8) is 0 Å². The Labute approximate surface area is 117 Å². The number of aromatic nitrogens is 1. The Morgan fingerprint density at radius 2 is 2.05 bits per heavy atom. The minimum atomic E-state index is -0.0360. The number of hydrogen-bond acceptors (Lipinski definition) is 3. The molecule has 0 fully saturated rings. The predicted octanol–water partition coefficient (Wildman–Crippen LogP) is 3.37. The Morgan fingerprint density at radius 3 is 2.63 bits per heavy atom. The van der Waals surface area contributed by atoms with Crippen LogP contribution in [0.3, 0.4) is 0 Å². The highest BCUT2D eigenvalue weighted by Crippen LogP contribution is 2.29. The van der Waals surface area contributed by atoms with E-state index in [9.17, 15) is 4.79 Å². The Hall–Kier alpha value is -1.68. The third kappa shape index (κ3) is 3.64. The molecule has 2 aromatic heterocycles. The average Bonchev–Trinajstić information content (AvgIpc) is 2.87. The second-order valence-electron chi connectivity index (χ2n) is 5.42. The Morgan fingerprint density at radius 1 is 1.26 bits per heavy atom. The van der Waals surface area contributed by atoms with Crippen molar-refractivity contribution in [3.05, 3.63) is 52.0 Å². The number of amides is 1. The van der Waals surface area contributed by atoms with E-state index < -0.39 is 0 Å². The summed E-state index contributed by atoms with van der Waals surface area (Å²) in [6.07, 6.45) is 1.73. The van der Waals surface area contributed by atoms with Gasteiger partial charge in [0.25, 0.3) is 5.91 Å². The fraction of sp³-hybridized carbons (Fsp3) is 0.333. The van der Waals surface area contributed by atoms with Gasteiger partial charge in [0.2, 0.25) is 0 Å². The molecule has 2 rings (SSSR count). The normalized spacial score (nSPS) is 11.3. The van der Waals surface area contributed by atoms with Crippen LogP contribution in [0.15, 0.2) is 36.5 Å². The molecule has 0 atom stereocenters. The average molecular weight is 274 g/mol. The lowest BCUT2D eigenvalue weighted by atomic mass is 9.95. The van der Waals surface area contributed by atoms with Gasteiger partial charge in [-0.2, -0.15) is 0 Å². The number of carbonyl (C=O) groups excluding carboxylic acids is 1. The lowest BCUT2D eigenvalue weighted by Gasteiger charge is -2.15. The summed E-state index contributed by atoms with van der Waals surface area (Å²) in [5.41, 5.74) is 0.952. The van der Waals surface area contributed by atoms with Gasteiger partial charge in [-0.3, -0.25) is 9.78 Å². The van der Waals surface area contributed by atoms with E-state index in [4.69, 9.17) is 0 Å². The highest BCUT2D eigenvalue weighted by molar-refractivity contribution is 7.14. The molecule has 4 heteroatoms. The van der Waals surface area contributed by atoms with Gasteiger partial charge in [-0.15, -0.1) is 11.3 Å². The molecule has 0 unspecified atom stereocenters. The van der Waals surface area contributed by atoms with Crippen molar-refractivity contribution >= 4 is 17.2 Å². The number of carbonyl (C=O) groups is 1. The second-order valence-corrected chi connectivity index (χ2v) is 6.50. The highest BCUT2D eigenvalue weighted by Gasteiger charge is 2.18. The van der Waals surface area contributed by atoms with Gasteiger partial charge in [0.15, 0.2) is 0 Å². The summed E-state index contributed by atoms with van der Waals surface area (Å²) in [6, 6.07) is 9.59. The standard InChI is InChI=1S/C15H18N2OS/c1-15(2,3)13-8-7-12(19-13)14(18)17-10-11-6-4-5-9-16-11/h4-9H,10H2,1-3H3,(H,17,18). The van der Waals surface area contributed by atoms with Crippen molar-refractivity contribution in [1.82, 2.24) is 10.3 Å². The van der Waals surface area contributed by atoms with Crippen LogP contribution in [-0.2, 0) is 12.0 Å². The van der Waals surface area contributed by atoms with Crippen molar-refractivity contribution in [1.29, 1.82) is 0 Å². The molecule has 1 amide bonds. The molecule has 3 nitrogen and oxygen atoms in total. The van der Waals surface area contributed by atoms with Gasteiger partial charge in [0.1, 0.15) is 0 Å². The molecule has 0 saturated carbocycles. The van der Waals surface area contributed by atoms with Crippen LogP contribution >= 0.6 is 11.3 Å². The van der Waals surface area contributed by atoms with Gasteiger partial charge in [0, 0.05) is 11.1 Å². The van der Waals surface area contributed by atoms with Crippen LogP contribution in [0.5, 0.6) is 0 Å². The molecule has 0 aliphatic heterocycles. The summed E-state index contributed by atoms with van der Waals surface area (Å²) in [4.78, 5) is 18.2. The molecular formula is C15H18N2OS. The molecule has 0 aromatic carbocycles. The van der Waals surface area contributed by atoms with Crippen LogP contribution in [0.4, 0.5) is 0 Å². The lowest BCUT2D eigenvalue weighted by molar-refractivity contribution is 0.0954. The van der Waals surface area contributed by atoms with Crippen molar-refractivity contribution < 1.29 is 4.79 Å². The summed E-state index contributed by atoms with van der Waals surface area (Å²) < 4.78 is 0. The molecular weight excluding hydrogens is 256 g/mol. The first-order valence-corrected chi connectivity index (χ1v) is 7.07. The second kappa shape index (κ2) is 5.53. The van der Waals surface area contributed by atoms with Crippen molar-refractivity contribution in [2.24, 2.45) is 0 Å². The zero-order valence-electron chi connectivity index (χ0n) is 11.4. The summed E-state index contributed by atoms with van der Waals surface area (Å²) in [5, 5.41) is 2.89. The highest BCUT2D eigenvalue weighted by atomic mass is 32.1. The van der Waals surface area contributed by atoms with Crippen LogP contribution in [0, 0.1) is 0 Å². The topological polar surface area (TPSA) is 42.0 Å². The minimum Gasteiger partial charge on any atom is -0.346 e. The molecule has 100 valence electrons. The first-order valence-electron chi connectivity index (χ1n) is 6.25. The van der Waals surface area contributed by atoms with Crippen molar-refractivity contribution in [2.45, 2.75) is 32.7 Å². The third-order valence-corrected chi connectivity index (χ3v) is 4.23. The minimum absolute atomic E-state index is 0.0360. The quantitative estimate of drug-likeness (QED) is 0.932. The van der Waals surface area contributed by atoms with Crippen molar-refractivity contribution in [2.75, 3.05) is 0 Å². The number of pyridine rings is 1. The van der Waals surface area contributed by atoms with E-state index in [2.05, 4.69) is 31.1 Å². The molecule has 1 N–H and O–H groups in total. The molecule has 0 saturated heterocycles. The van der Waals surface area contributed by atoms with Crippen LogP contribution in [0.2, 0.25) is 0 Å². The fourth-order valence-electron chi connectivity index (χ4n) is 1.62. The first kappa shape index (κ1) is 13.7. The number of nitrogens with zero attached hydrogens (tertiary/aromatic N) is 1. The molecule has 0 aliphatic rings. The zero-order chi connectivity index (χ0) is 13.9. The molecule has 2 aromatic rings. The molecule has 0 bridgehead atoms. The number of nitrogens with one attached hydrogen (secondary N) is 1. The van der Waals surface area contributed by atoms with E-state index in [0.717, 1.165) is 10.6 Å². The van der Waals surface area contributed by atoms with Gasteiger partial charge >= 0.3 is 0 Å². The molecule has 2 heterocycles. The van der Waals surface area contributed by atoms with E-state index in [-0.39, 0.29) is 11.3 Å². The number of rotatable bonds is 3. The smallest absolute Gasteiger partial charge is 0.261 e. The monoisotopic (exact) mass is 274 g/mol. The summed E-state index contributed by atoms with van der Waals surface area (Å²) in [5.74, 6) is -0.0360. The SMILES string of the molecule is CC(C)(C)c1ccc(C(=O)NCc2ccccn2)s1. The van der Waals surface area contributed by atoms with Crippen molar-refractivity contribution in [3.8, 4) is 0 Å². The molecule has 19 heavy (non-hydrogen) atoms.